The summed E-state index contributed by atoms with van der Waals surface area (Å²) >= 11 is 0. The van der Waals surface area contributed by atoms with Gasteiger partial charge in [0.1, 0.15) is 5.60 Å². The number of piperidine rings is 1. The van der Waals surface area contributed by atoms with Crippen LogP contribution >= 0.6 is 0 Å². The normalized spacial score (nSPS) is 19.5. The Bertz CT molecular complexity index is 230. The van der Waals surface area contributed by atoms with Crippen LogP contribution in [0.1, 0.15) is 33.6 Å². The van der Waals surface area contributed by atoms with Gasteiger partial charge in [0.2, 0.25) is 0 Å². The third-order valence-electron chi connectivity index (χ3n) is 2.43. The van der Waals surface area contributed by atoms with E-state index >= 15 is 0 Å². The van der Waals surface area contributed by atoms with E-state index in [9.17, 15) is 4.79 Å². The highest BCUT2D eigenvalue weighted by Gasteiger charge is 2.23. The molecule has 0 radical (unpaired) electrons. The van der Waals surface area contributed by atoms with Gasteiger partial charge in [-0.15, -0.1) is 0 Å². The van der Waals surface area contributed by atoms with Crippen LogP contribution in [0.4, 0.5) is 4.79 Å². The van der Waals surface area contributed by atoms with Gasteiger partial charge in [0, 0.05) is 19.1 Å². The zero-order valence-electron chi connectivity index (χ0n) is 10.6. The Hall–Kier alpha value is -0.810. The molecule has 0 bridgehead atoms. The van der Waals surface area contributed by atoms with E-state index in [4.69, 9.17) is 9.57 Å². The number of rotatable bonds is 2. The molecule has 0 aliphatic carbocycles. The molecule has 1 N–H and O–H groups in total. The largest absolute Gasteiger partial charge is 0.444 e. The summed E-state index contributed by atoms with van der Waals surface area (Å²) in [5, 5.41) is 4.77. The summed E-state index contributed by atoms with van der Waals surface area (Å²) in [6.45, 7) is 7.27. The summed E-state index contributed by atoms with van der Waals surface area (Å²) in [6, 6.07) is 0.196. The summed E-state index contributed by atoms with van der Waals surface area (Å²) in [5.41, 5.74) is -0.433. The third-order valence-corrected chi connectivity index (χ3v) is 2.43. The van der Waals surface area contributed by atoms with E-state index in [1.165, 1.54) is 0 Å². The number of nitrogens with zero attached hydrogens (tertiary/aromatic N) is 1. The summed E-state index contributed by atoms with van der Waals surface area (Å²) in [5.74, 6) is 0. The first-order valence-corrected chi connectivity index (χ1v) is 5.69. The van der Waals surface area contributed by atoms with Crippen LogP contribution in [0, 0.1) is 0 Å². The van der Waals surface area contributed by atoms with Crippen LogP contribution in [-0.4, -0.2) is 43.0 Å². The summed E-state index contributed by atoms with van der Waals surface area (Å²) in [6.07, 6.45) is 1.46. The van der Waals surface area contributed by atoms with Crippen molar-refractivity contribution in [2.24, 2.45) is 0 Å². The highest BCUT2D eigenvalue weighted by atomic mass is 16.7. The van der Waals surface area contributed by atoms with E-state index in [0.29, 0.717) is 0 Å². The maximum absolute atomic E-state index is 11.5. The highest BCUT2D eigenvalue weighted by molar-refractivity contribution is 5.68. The summed E-state index contributed by atoms with van der Waals surface area (Å²) in [4.78, 5) is 16.6. The first-order valence-electron chi connectivity index (χ1n) is 5.69. The predicted octanol–water partition coefficient (Wildman–Crippen LogP) is 1.54. The Labute approximate surface area is 97.0 Å². The Balaban J connectivity index is 2.26. The molecular weight excluding hydrogens is 208 g/mol. The van der Waals surface area contributed by atoms with Gasteiger partial charge in [0.05, 0.1) is 7.11 Å². The molecule has 0 spiro atoms. The van der Waals surface area contributed by atoms with Crippen molar-refractivity contribution in [1.82, 2.24) is 10.4 Å². The lowest BCUT2D eigenvalue weighted by Gasteiger charge is -2.31. The Morgan fingerprint density at radius 3 is 2.31 bits per heavy atom. The van der Waals surface area contributed by atoms with Crippen molar-refractivity contribution >= 4 is 6.09 Å². The average Bonchev–Trinajstić information content (AvgIpc) is 2.16. The van der Waals surface area contributed by atoms with E-state index in [1.807, 2.05) is 25.8 Å². The second kappa shape index (κ2) is 5.50. The smallest absolute Gasteiger partial charge is 0.407 e. The lowest BCUT2D eigenvalue weighted by molar-refractivity contribution is -0.144. The van der Waals surface area contributed by atoms with Gasteiger partial charge in [0.15, 0.2) is 0 Å². The van der Waals surface area contributed by atoms with Gasteiger partial charge >= 0.3 is 6.09 Å². The number of ether oxygens (including phenoxy) is 1. The van der Waals surface area contributed by atoms with Gasteiger partial charge in [-0.25, -0.2) is 4.79 Å². The Morgan fingerprint density at radius 1 is 1.31 bits per heavy atom. The molecule has 0 aromatic carbocycles. The molecule has 0 aromatic rings. The Kier molecular flexibility index (Phi) is 4.56. The van der Waals surface area contributed by atoms with Crippen molar-refractivity contribution in [3.05, 3.63) is 0 Å². The van der Waals surface area contributed by atoms with E-state index in [0.717, 1.165) is 25.9 Å². The lowest BCUT2D eigenvalue weighted by atomic mass is 10.1. The molecular formula is C11H22N2O3. The topological polar surface area (TPSA) is 50.8 Å². The van der Waals surface area contributed by atoms with Crippen LogP contribution in [0.2, 0.25) is 0 Å². The van der Waals surface area contributed by atoms with Gasteiger partial charge in [-0.1, -0.05) is 0 Å². The minimum Gasteiger partial charge on any atom is -0.444 e. The van der Waals surface area contributed by atoms with Crippen molar-refractivity contribution in [3.63, 3.8) is 0 Å². The molecule has 16 heavy (non-hydrogen) atoms. The molecule has 5 nitrogen and oxygen atoms in total. The molecule has 0 unspecified atom stereocenters. The van der Waals surface area contributed by atoms with Crippen LogP contribution in [0.25, 0.3) is 0 Å². The van der Waals surface area contributed by atoms with E-state index in [-0.39, 0.29) is 12.1 Å². The molecule has 1 saturated heterocycles. The molecule has 0 saturated carbocycles. The fourth-order valence-corrected chi connectivity index (χ4v) is 1.66. The predicted molar refractivity (Wildman–Crippen MR) is 61.0 cm³/mol. The SMILES string of the molecule is CON1CCC(NC(=O)OC(C)(C)C)CC1. The maximum Gasteiger partial charge on any atom is 0.407 e. The fourth-order valence-electron chi connectivity index (χ4n) is 1.66. The molecule has 5 heteroatoms. The molecule has 1 heterocycles. The minimum atomic E-state index is -0.433. The van der Waals surface area contributed by atoms with Crippen LogP contribution in [0.3, 0.4) is 0 Å². The molecule has 1 amide bonds. The number of carbonyl (C=O) groups is 1. The quantitative estimate of drug-likeness (QED) is 0.781. The average molecular weight is 230 g/mol. The molecule has 1 fully saturated rings. The molecule has 1 rings (SSSR count). The van der Waals surface area contributed by atoms with E-state index in [1.54, 1.807) is 7.11 Å². The first kappa shape index (κ1) is 13.3. The number of hydroxylamine groups is 2. The van der Waals surface area contributed by atoms with Crippen molar-refractivity contribution in [3.8, 4) is 0 Å². The fraction of sp³-hybridized carbons (Fsp3) is 0.909. The number of carbonyl (C=O) groups excluding carboxylic acids is 1. The van der Waals surface area contributed by atoms with Crippen molar-refractivity contribution in [1.29, 1.82) is 0 Å². The van der Waals surface area contributed by atoms with Crippen molar-refractivity contribution < 1.29 is 14.4 Å². The Morgan fingerprint density at radius 2 is 1.88 bits per heavy atom. The zero-order chi connectivity index (χ0) is 12.2. The molecule has 0 aromatic heterocycles. The van der Waals surface area contributed by atoms with Gasteiger partial charge in [-0.2, -0.15) is 5.06 Å². The van der Waals surface area contributed by atoms with E-state index < -0.39 is 5.60 Å². The monoisotopic (exact) mass is 230 g/mol. The number of hydrogen-bond donors (Lipinski definition) is 1. The van der Waals surface area contributed by atoms with Crippen LogP contribution in [0.5, 0.6) is 0 Å². The molecule has 1 aliphatic rings. The lowest BCUT2D eigenvalue weighted by Crippen LogP contribution is -2.45. The zero-order valence-corrected chi connectivity index (χ0v) is 10.6. The van der Waals surface area contributed by atoms with Crippen molar-refractivity contribution in [2.75, 3.05) is 20.2 Å². The third kappa shape index (κ3) is 4.81. The summed E-state index contributed by atoms with van der Waals surface area (Å²) in [7, 11) is 1.67. The molecule has 1 aliphatic heterocycles. The second-order valence-corrected chi connectivity index (χ2v) is 5.03. The maximum atomic E-state index is 11.5. The van der Waals surface area contributed by atoms with E-state index in [2.05, 4.69) is 5.32 Å². The van der Waals surface area contributed by atoms with Crippen LogP contribution < -0.4 is 5.32 Å². The number of hydrogen-bond acceptors (Lipinski definition) is 4. The van der Waals surface area contributed by atoms with Gasteiger partial charge in [-0.3, -0.25) is 0 Å². The van der Waals surface area contributed by atoms with Gasteiger partial charge < -0.3 is 14.9 Å². The second-order valence-electron chi connectivity index (χ2n) is 5.03. The number of amides is 1. The van der Waals surface area contributed by atoms with Gasteiger partial charge in [-0.05, 0) is 33.6 Å². The van der Waals surface area contributed by atoms with Crippen molar-refractivity contribution in [2.45, 2.75) is 45.3 Å². The van der Waals surface area contributed by atoms with Gasteiger partial charge in [0.25, 0.3) is 0 Å². The summed E-state index contributed by atoms with van der Waals surface area (Å²) < 4.78 is 5.20. The van der Waals surface area contributed by atoms with Crippen LogP contribution in [0.15, 0.2) is 0 Å². The minimum absolute atomic E-state index is 0.196. The molecule has 94 valence electrons. The standard InChI is InChI=1S/C11H22N2O3/c1-11(2,3)16-10(14)12-9-5-7-13(15-4)8-6-9/h9H,5-8H2,1-4H3,(H,12,14). The van der Waals surface area contributed by atoms with Crippen LogP contribution in [-0.2, 0) is 9.57 Å². The molecule has 0 atom stereocenters. The number of nitrogens with one attached hydrogen (secondary N) is 1. The highest BCUT2D eigenvalue weighted by Crippen LogP contribution is 2.12. The number of alkyl carbamates (subject to hydrolysis) is 1. The first-order chi connectivity index (χ1) is 7.40.